The molecule has 2 heteroatoms. The van der Waals surface area contributed by atoms with E-state index in [2.05, 4.69) is 84.2 Å². The molecule has 0 atom stereocenters. The first-order valence-electron chi connectivity index (χ1n) is 10.7. The highest BCUT2D eigenvalue weighted by molar-refractivity contribution is 7.20. The summed E-state index contributed by atoms with van der Waals surface area (Å²) in [6, 6.07) is 29.5. The van der Waals surface area contributed by atoms with Gasteiger partial charge in [0, 0.05) is 28.4 Å². The van der Waals surface area contributed by atoms with Gasteiger partial charge in [-0.05, 0) is 60.1 Å². The van der Waals surface area contributed by atoms with E-state index in [0.717, 1.165) is 0 Å². The van der Waals surface area contributed by atoms with Crippen LogP contribution in [0.5, 0.6) is 0 Å². The smallest absolute Gasteiger partial charge is 0.0892 e. The second-order valence-electron chi connectivity index (χ2n) is 8.52. The molecule has 0 saturated heterocycles. The second kappa shape index (κ2) is 5.35. The molecule has 1 aliphatic carbocycles. The Bertz CT molecular complexity index is 1870. The maximum atomic E-state index is 3.36. The van der Waals surface area contributed by atoms with Crippen molar-refractivity contribution in [2.24, 2.45) is 0 Å². The van der Waals surface area contributed by atoms with Crippen molar-refractivity contribution in [1.29, 1.82) is 0 Å². The number of nitrogens with one attached hydrogen (secondary N) is 1. The highest BCUT2D eigenvalue weighted by Gasteiger charge is 2.29. The van der Waals surface area contributed by atoms with E-state index in [1.807, 2.05) is 18.4 Å². The van der Waals surface area contributed by atoms with Gasteiger partial charge in [0.1, 0.15) is 0 Å². The van der Waals surface area contributed by atoms with Crippen LogP contribution in [0.4, 0.5) is 5.00 Å². The van der Waals surface area contributed by atoms with E-state index in [9.17, 15) is 0 Å². The van der Waals surface area contributed by atoms with Crippen LogP contribution in [0.25, 0.3) is 75.4 Å². The fourth-order valence-electron chi connectivity index (χ4n) is 5.96. The van der Waals surface area contributed by atoms with Crippen molar-refractivity contribution < 1.29 is 0 Å². The van der Waals surface area contributed by atoms with Crippen LogP contribution in [0.1, 0.15) is 0 Å². The summed E-state index contributed by atoms with van der Waals surface area (Å²) in [5, 5.41) is 18.4. The van der Waals surface area contributed by atoms with Crippen LogP contribution in [0.3, 0.4) is 0 Å². The summed E-state index contributed by atoms with van der Waals surface area (Å²) < 4.78 is 0. The van der Waals surface area contributed by atoms with E-state index in [0.29, 0.717) is 0 Å². The maximum Gasteiger partial charge on any atom is 0.0892 e. The Hall–Kier alpha value is -3.62. The lowest BCUT2D eigenvalue weighted by Gasteiger charge is -2.18. The highest BCUT2D eigenvalue weighted by atomic mass is 32.1. The van der Waals surface area contributed by atoms with E-state index in [-0.39, 0.29) is 0 Å². The normalized spacial score (nSPS) is 12.7. The van der Waals surface area contributed by atoms with Crippen molar-refractivity contribution >= 4 is 70.2 Å². The summed E-state index contributed by atoms with van der Waals surface area (Å²) in [6.45, 7) is 0. The number of anilines is 1. The molecule has 7 aromatic rings. The molecule has 0 fully saturated rings. The van der Waals surface area contributed by atoms with E-state index in [1.54, 1.807) is 0 Å². The Morgan fingerprint density at radius 1 is 0.581 bits per heavy atom. The van der Waals surface area contributed by atoms with E-state index >= 15 is 0 Å². The molecule has 0 radical (unpaired) electrons. The molecule has 1 aliphatic rings. The summed E-state index contributed by atoms with van der Waals surface area (Å²) >= 11 is 1.87. The van der Waals surface area contributed by atoms with Crippen LogP contribution in [-0.4, -0.2) is 7.05 Å². The molecule has 0 aliphatic heterocycles. The fourth-order valence-corrected chi connectivity index (χ4v) is 7.01. The summed E-state index contributed by atoms with van der Waals surface area (Å²) in [5.41, 5.74) is 4.17. The summed E-state index contributed by atoms with van der Waals surface area (Å²) in [7, 11) is 2.01. The van der Waals surface area contributed by atoms with Gasteiger partial charge in [-0.2, -0.15) is 0 Å². The summed E-state index contributed by atoms with van der Waals surface area (Å²) in [4.78, 5) is 1.39. The molecule has 6 aromatic carbocycles. The van der Waals surface area contributed by atoms with Crippen LogP contribution < -0.4 is 5.32 Å². The van der Waals surface area contributed by atoms with Gasteiger partial charge in [-0.1, -0.05) is 72.8 Å². The molecule has 1 aromatic heterocycles. The Morgan fingerprint density at radius 2 is 1.29 bits per heavy atom. The van der Waals surface area contributed by atoms with Gasteiger partial charge in [-0.3, -0.25) is 0 Å². The van der Waals surface area contributed by atoms with Crippen molar-refractivity contribution in [2.75, 3.05) is 12.4 Å². The summed E-state index contributed by atoms with van der Waals surface area (Å²) in [5.74, 6) is 0. The van der Waals surface area contributed by atoms with Crippen LogP contribution in [0.2, 0.25) is 0 Å². The van der Waals surface area contributed by atoms with Gasteiger partial charge in [0.25, 0.3) is 0 Å². The third kappa shape index (κ3) is 1.76. The topological polar surface area (TPSA) is 12.0 Å². The first-order valence-corrected chi connectivity index (χ1v) is 11.5. The van der Waals surface area contributed by atoms with Crippen molar-refractivity contribution in [2.45, 2.75) is 0 Å². The number of hydrogen-bond acceptors (Lipinski definition) is 2. The average molecular weight is 412 g/mol. The predicted molar refractivity (Wildman–Crippen MR) is 137 cm³/mol. The SMILES string of the molecule is CNc1cc2c(s1)-c1ccc3c4cccc5cccc(c54)c4c5ccccc5c-2c1c34. The molecule has 0 bridgehead atoms. The Kier molecular flexibility index (Phi) is 2.78. The van der Waals surface area contributed by atoms with Gasteiger partial charge in [0.2, 0.25) is 0 Å². The molecule has 144 valence electrons. The zero-order valence-corrected chi connectivity index (χ0v) is 17.7. The highest BCUT2D eigenvalue weighted by Crippen LogP contribution is 2.58. The predicted octanol–water partition coefficient (Wildman–Crippen LogP) is 8.64. The summed E-state index contributed by atoms with van der Waals surface area (Å²) in [6.07, 6.45) is 0. The maximum absolute atomic E-state index is 3.36. The molecule has 1 N–H and O–H groups in total. The van der Waals surface area contributed by atoms with Crippen LogP contribution in [-0.2, 0) is 0 Å². The molecule has 1 heterocycles. The van der Waals surface area contributed by atoms with E-state index < -0.39 is 0 Å². The number of fused-ring (bicyclic) bond motifs is 8. The molecule has 31 heavy (non-hydrogen) atoms. The van der Waals surface area contributed by atoms with Crippen molar-refractivity contribution in [3.63, 3.8) is 0 Å². The van der Waals surface area contributed by atoms with Crippen molar-refractivity contribution in [3.05, 3.63) is 78.9 Å². The quantitative estimate of drug-likeness (QED) is 0.210. The Balaban J connectivity index is 1.77. The molecular formula is C29H17NS. The molecule has 0 unspecified atom stereocenters. The van der Waals surface area contributed by atoms with Gasteiger partial charge in [-0.15, -0.1) is 11.3 Å². The third-order valence-electron chi connectivity index (χ3n) is 7.13. The lowest BCUT2D eigenvalue weighted by molar-refractivity contribution is 1.60. The first-order chi connectivity index (χ1) is 15.3. The largest absolute Gasteiger partial charge is 0.380 e. The van der Waals surface area contributed by atoms with Crippen molar-refractivity contribution in [3.8, 4) is 21.6 Å². The standard InChI is InChI=1S/C29H17NS/c1-30-23-14-22-26-18-9-3-2-8-17(18)25-20-11-5-7-15-6-4-10-16(24(15)20)19-12-13-21(29(22)31-23)28(26)27(19)25/h2-14,30H,1H3. The van der Waals surface area contributed by atoms with Gasteiger partial charge >= 0.3 is 0 Å². The molecular weight excluding hydrogens is 394 g/mol. The lowest BCUT2D eigenvalue weighted by Crippen LogP contribution is -1.90. The third-order valence-corrected chi connectivity index (χ3v) is 8.31. The Morgan fingerprint density at radius 3 is 2.13 bits per heavy atom. The molecule has 0 spiro atoms. The van der Waals surface area contributed by atoms with Crippen LogP contribution >= 0.6 is 11.3 Å². The number of thiophene rings is 1. The Labute approximate surface area is 182 Å². The minimum atomic E-state index is 1.23. The second-order valence-corrected chi connectivity index (χ2v) is 9.57. The zero-order chi connectivity index (χ0) is 20.3. The van der Waals surface area contributed by atoms with E-state index in [4.69, 9.17) is 0 Å². The van der Waals surface area contributed by atoms with Gasteiger partial charge in [0.15, 0.2) is 0 Å². The van der Waals surface area contributed by atoms with Crippen molar-refractivity contribution in [1.82, 2.24) is 0 Å². The molecule has 0 saturated carbocycles. The first kappa shape index (κ1) is 16.1. The number of rotatable bonds is 1. The molecule has 1 nitrogen and oxygen atoms in total. The minimum Gasteiger partial charge on any atom is -0.380 e. The average Bonchev–Trinajstić information content (AvgIpc) is 3.37. The molecule has 8 rings (SSSR count). The van der Waals surface area contributed by atoms with Gasteiger partial charge in [-0.25, -0.2) is 0 Å². The van der Waals surface area contributed by atoms with Gasteiger partial charge < -0.3 is 5.32 Å². The van der Waals surface area contributed by atoms with Crippen LogP contribution in [0.15, 0.2) is 78.9 Å². The zero-order valence-electron chi connectivity index (χ0n) is 16.9. The van der Waals surface area contributed by atoms with Crippen LogP contribution in [0, 0.1) is 0 Å². The molecule has 0 amide bonds. The van der Waals surface area contributed by atoms with Gasteiger partial charge in [0.05, 0.1) is 5.00 Å². The van der Waals surface area contributed by atoms with E-state index in [1.165, 1.54) is 80.4 Å². The number of benzene rings is 6. The number of hydrogen-bond donors (Lipinski definition) is 1. The minimum absolute atomic E-state index is 1.23. The monoisotopic (exact) mass is 411 g/mol. The lowest BCUT2D eigenvalue weighted by atomic mass is 9.84. The fraction of sp³-hybridized carbons (Fsp3) is 0.0345.